The average molecular weight is 474 g/mol. The number of carbonyl (C=O) groups is 1. The number of halogens is 1. The zero-order chi connectivity index (χ0) is 18.1. The molecule has 1 aromatic rings. The van der Waals surface area contributed by atoms with Crippen molar-refractivity contribution >= 4 is 35.8 Å². The molecule has 0 spiro atoms. The van der Waals surface area contributed by atoms with Crippen molar-refractivity contribution in [1.29, 1.82) is 0 Å². The number of aliphatic imine (C=N–C) groups is 1. The SMILES string of the molecule is CN=C(NCc1cccc(COC)c1)N1CCC(CC(=O)NC)CC1.I. The van der Waals surface area contributed by atoms with Crippen molar-refractivity contribution in [3.8, 4) is 0 Å². The van der Waals surface area contributed by atoms with Gasteiger partial charge in [0.2, 0.25) is 5.91 Å². The Labute approximate surface area is 173 Å². The van der Waals surface area contributed by atoms with Crippen molar-refractivity contribution in [2.45, 2.75) is 32.4 Å². The summed E-state index contributed by atoms with van der Waals surface area (Å²) in [6.45, 7) is 3.24. The van der Waals surface area contributed by atoms with E-state index in [-0.39, 0.29) is 29.9 Å². The molecule has 1 saturated heterocycles. The van der Waals surface area contributed by atoms with Crippen LogP contribution in [-0.4, -0.2) is 51.1 Å². The fourth-order valence-electron chi connectivity index (χ4n) is 3.22. The number of amides is 1. The van der Waals surface area contributed by atoms with Crippen molar-refractivity contribution in [3.05, 3.63) is 35.4 Å². The lowest BCUT2D eigenvalue weighted by Crippen LogP contribution is -2.45. The van der Waals surface area contributed by atoms with Gasteiger partial charge in [-0.2, -0.15) is 0 Å². The van der Waals surface area contributed by atoms with Gasteiger partial charge < -0.3 is 20.3 Å². The number of ether oxygens (including phenoxy) is 1. The van der Waals surface area contributed by atoms with Gasteiger partial charge in [-0.3, -0.25) is 9.79 Å². The maximum absolute atomic E-state index is 11.5. The highest BCUT2D eigenvalue weighted by molar-refractivity contribution is 14.0. The van der Waals surface area contributed by atoms with Crippen LogP contribution in [0.4, 0.5) is 0 Å². The Kier molecular flexibility index (Phi) is 10.6. The van der Waals surface area contributed by atoms with Gasteiger partial charge >= 0.3 is 0 Å². The zero-order valence-electron chi connectivity index (χ0n) is 16.0. The van der Waals surface area contributed by atoms with Crippen LogP contribution < -0.4 is 10.6 Å². The Bertz CT molecular complexity index is 587. The molecule has 1 amide bonds. The molecule has 0 aromatic heterocycles. The fraction of sp³-hybridized carbons (Fsp3) is 0.579. The van der Waals surface area contributed by atoms with Gasteiger partial charge in [-0.25, -0.2) is 0 Å². The Morgan fingerprint density at radius 3 is 2.62 bits per heavy atom. The van der Waals surface area contributed by atoms with Crippen molar-refractivity contribution in [1.82, 2.24) is 15.5 Å². The maximum atomic E-state index is 11.5. The van der Waals surface area contributed by atoms with E-state index in [1.165, 1.54) is 11.1 Å². The lowest BCUT2D eigenvalue weighted by Gasteiger charge is -2.34. The molecule has 0 unspecified atom stereocenters. The first kappa shape index (κ1) is 22.7. The van der Waals surface area contributed by atoms with E-state index < -0.39 is 0 Å². The first-order valence-corrected chi connectivity index (χ1v) is 8.89. The number of nitrogens with one attached hydrogen (secondary N) is 2. The summed E-state index contributed by atoms with van der Waals surface area (Å²) in [6, 6.07) is 8.38. The van der Waals surface area contributed by atoms with Crippen LogP contribution in [0.3, 0.4) is 0 Å². The fourth-order valence-corrected chi connectivity index (χ4v) is 3.22. The van der Waals surface area contributed by atoms with Gasteiger partial charge in [-0.15, -0.1) is 24.0 Å². The molecule has 0 atom stereocenters. The van der Waals surface area contributed by atoms with Crippen LogP contribution in [0.25, 0.3) is 0 Å². The van der Waals surface area contributed by atoms with Crippen molar-refractivity contribution < 1.29 is 9.53 Å². The van der Waals surface area contributed by atoms with Gasteiger partial charge in [0.05, 0.1) is 6.61 Å². The van der Waals surface area contributed by atoms with Crippen LogP contribution in [0.5, 0.6) is 0 Å². The predicted octanol–water partition coefficient (Wildman–Crippen LogP) is 2.37. The highest BCUT2D eigenvalue weighted by Gasteiger charge is 2.22. The number of nitrogens with zero attached hydrogens (tertiary/aromatic N) is 2. The molecule has 1 aromatic carbocycles. The number of benzene rings is 1. The molecule has 0 aliphatic carbocycles. The van der Waals surface area contributed by atoms with Crippen LogP contribution >= 0.6 is 24.0 Å². The van der Waals surface area contributed by atoms with E-state index in [0.29, 0.717) is 18.9 Å². The molecule has 0 bridgehead atoms. The summed E-state index contributed by atoms with van der Waals surface area (Å²) >= 11 is 0. The minimum Gasteiger partial charge on any atom is -0.380 e. The lowest BCUT2D eigenvalue weighted by atomic mass is 9.93. The van der Waals surface area contributed by atoms with Crippen LogP contribution in [-0.2, 0) is 22.7 Å². The van der Waals surface area contributed by atoms with Gasteiger partial charge in [0.1, 0.15) is 0 Å². The summed E-state index contributed by atoms with van der Waals surface area (Å²) in [7, 11) is 5.23. The molecule has 146 valence electrons. The number of guanidine groups is 1. The molecule has 1 fully saturated rings. The van der Waals surface area contributed by atoms with Crippen molar-refractivity contribution in [2.24, 2.45) is 10.9 Å². The standard InChI is InChI=1S/C19H30N4O2.HI/c1-20-18(24)12-15-7-9-23(10-8-15)19(21-2)22-13-16-5-4-6-17(11-16)14-25-3;/h4-6,11,15H,7-10,12-14H2,1-3H3,(H,20,24)(H,21,22);1H. The van der Waals surface area contributed by atoms with E-state index in [9.17, 15) is 4.79 Å². The number of piperidine rings is 1. The summed E-state index contributed by atoms with van der Waals surface area (Å²) in [5.41, 5.74) is 2.39. The minimum atomic E-state index is 0. The first-order valence-electron chi connectivity index (χ1n) is 8.89. The van der Waals surface area contributed by atoms with E-state index in [4.69, 9.17) is 4.74 Å². The number of methoxy groups -OCH3 is 1. The molecular formula is C19H31IN4O2. The first-order chi connectivity index (χ1) is 12.2. The van der Waals surface area contributed by atoms with Gasteiger partial charge in [0.15, 0.2) is 5.96 Å². The lowest BCUT2D eigenvalue weighted by molar-refractivity contribution is -0.121. The highest BCUT2D eigenvalue weighted by Crippen LogP contribution is 2.20. The van der Waals surface area contributed by atoms with Crippen molar-refractivity contribution in [3.63, 3.8) is 0 Å². The second-order valence-corrected chi connectivity index (χ2v) is 6.46. The summed E-state index contributed by atoms with van der Waals surface area (Å²) in [5.74, 6) is 1.53. The molecule has 2 rings (SSSR count). The average Bonchev–Trinajstić information content (AvgIpc) is 2.64. The van der Waals surface area contributed by atoms with Crippen LogP contribution in [0, 0.1) is 5.92 Å². The van der Waals surface area contributed by atoms with E-state index in [1.807, 2.05) is 7.05 Å². The number of carbonyl (C=O) groups excluding carboxylic acids is 1. The molecule has 6 nitrogen and oxygen atoms in total. The van der Waals surface area contributed by atoms with Gasteiger partial charge in [0, 0.05) is 47.3 Å². The third-order valence-corrected chi connectivity index (χ3v) is 4.63. The Hall–Kier alpha value is -1.35. The van der Waals surface area contributed by atoms with Crippen LogP contribution in [0.1, 0.15) is 30.4 Å². The molecule has 1 heterocycles. The van der Waals surface area contributed by atoms with Crippen molar-refractivity contribution in [2.75, 3.05) is 34.3 Å². The largest absolute Gasteiger partial charge is 0.380 e. The smallest absolute Gasteiger partial charge is 0.220 e. The summed E-state index contributed by atoms with van der Waals surface area (Å²) in [6.07, 6.45) is 2.68. The molecule has 1 aliphatic rings. The Balaban J connectivity index is 0.00000338. The van der Waals surface area contributed by atoms with Crippen LogP contribution in [0.2, 0.25) is 0 Å². The number of rotatable bonds is 6. The third kappa shape index (κ3) is 7.11. The Morgan fingerprint density at radius 2 is 2.00 bits per heavy atom. The topological polar surface area (TPSA) is 66.0 Å². The van der Waals surface area contributed by atoms with Gasteiger partial charge in [-0.1, -0.05) is 24.3 Å². The summed E-state index contributed by atoms with van der Waals surface area (Å²) in [4.78, 5) is 18.2. The highest BCUT2D eigenvalue weighted by atomic mass is 127. The summed E-state index contributed by atoms with van der Waals surface area (Å²) in [5, 5.41) is 6.16. The second-order valence-electron chi connectivity index (χ2n) is 6.46. The maximum Gasteiger partial charge on any atom is 0.220 e. The van der Waals surface area contributed by atoms with Crippen LogP contribution in [0.15, 0.2) is 29.3 Å². The quantitative estimate of drug-likeness (QED) is 0.378. The Morgan fingerprint density at radius 1 is 1.31 bits per heavy atom. The molecule has 0 radical (unpaired) electrons. The zero-order valence-corrected chi connectivity index (χ0v) is 18.3. The van der Waals surface area contributed by atoms with E-state index in [0.717, 1.165) is 38.4 Å². The predicted molar refractivity (Wildman–Crippen MR) is 116 cm³/mol. The molecule has 7 heteroatoms. The number of likely N-dealkylation sites (tertiary alicyclic amines) is 1. The van der Waals surface area contributed by atoms with Gasteiger partial charge in [-0.05, 0) is 29.9 Å². The van der Waals surface area contributed by atoms with E-state index >= 15 is 0 Å². The number of hydrogen-bond donors (Lipinski definition) is 2. The molecular weight excluding hydrogens is 443 g/mol. The molecule has 26 heavy (non-hydrogen) atoms. The van der Waals surface area contributed by atoms with Gasteiger partial charge in [0.25, 0.3) is 0 Å². The number of hydrogen-bond acceptors (Lipinski definition) is 3. The molecule has 2 N–H and O–H groups in total. The molecule has 1 aliphatic heterocycles. The summed E-state index contributed by atoms with van der Waals surface area (Å²) < 4.78 is 5.19. The second kappa shape index (κ2) is 12.1. The normalized spacial score (nSPS) is 15.3. The minimum absolute atomic E-state index is 0. The molecule has 0 saturated carbocycles. The van der Waals surface area contributed by atoms with E-state index in [2.05, 4.69) is 44.8 Å². The monoisotopic (exact) mass is 474 g/mol. The third-order valence-electron chi connectivity index (χ3n) is 4.63. The van der Waals surface area contributed by atoms with E-state index in [1.54, 1.807) is 14.2 Å².